The van der Waals surface area contributed by atoms with Gasteiger partial charge in [-0.3, -0.25) is 9.59 Å². The van der Waals surface area contributed by atoms with Crippen molar-refractivity contribution in [3.05, 3.63) is 35.6 Å². The van der Waals surface area contributed by atoms with Crippen LogP contribution in [0.4, 0.5) is 4.39 Å². The molecular weight excluding hydrogens is 299 g/mol. The highest BCUT2D eigenvalue weighted by Crippen LogP contribution is 2.18. The van der Waals surface area contributed by atoms with Crippen LogP contribution >= 0.6 is 0 Å². The summed E-state index contributed by atoms with van der Waals surface area (Å²) >= 11 is 0. The van der Waals surface area contributed by atoms with E-state index in [0.29, 0.717) is 26.1 Å². The van der Waals surface area contributed by atoms with E-state index in [1.165, 1.54) is 12.1 Å². The second-order valence-corrected chi connectivity index (χ2v) is 5.98. The zero-order valence-electron chi connectivity index (χ0n) is 13.5. The third kappa shape index (κ3) is 5.03. The Bertz CT molecular complexity index is 547. The summed E-state index contributed by atoms with van der Waals surface area (Å²) in [5.74, 6) is -0.693. The van der Waals surface area contributed by atoms with E-state index < -0.39 is 0 Å². The number of ether oxygens (including phenoxy) is 1. The summed E-state index contributed by atoms with van der Waals surface area (Å²) in [6, 6.07) is 6.18. The van der Waals surface area contributed by atoms with Gasteiger partial charge in [-0.25, -0.2) is 4.39 Å². The van der Waals surface area contributed by atoms with Crippen molar-refractivity contribution in [2.24, 2.45) is 5.92 Å². The number of hydrogen-bond donors (Lipinski definition) is 1. The van der Waals surface area contributed by atoms with Crippen molar-refractivity contribution in [3.8, 4) is 0 Å². The van der Waals surface area contributed by atoms with Gasteiger partial charge in [0.25, 0.3) is 0 Å². The average molecular weight is 322 g/mol. The fourth-order valence-corrected chi connectivity index (χ4v) is 2.73. The Morgan fingerprint density at radius 2 is 2.13 bits per heavy atom. The van der Waals surface area contributed by atoms with Crippen molar-refractivity contribution in [1.29, 1.82) is 0 Å². The van der Waals surface area contributed by atoms with Gasteiger partial charge in [-0.15, -0.1) is 0 Å². The van der Waals surface area contributed by atoms with E-state index >= 15 is 0 Å². The van der Waals surface area contributed by atoms with Crippen LogP contribution in [-0.4, -0.2) is 49.6 Å². The molecule has 1 N–H and O–H groups in total. The summed E-state index contributed by atoms with van der Waals surface area (Å²) in [6.07, 6.45) is 0.898. The predicted octanol–water partition coefficient (Wildman–Crippen LogP) is 1.37. The minimum atomic E-state index is -0.310. The third-order valence-corrected chi connectivity index (χ3v) is 3.97. The first-order valence-electron chi connectivity index (χ1n) is 7.81. The summed E-state index contributed by atoms with van der Waals surface area (Å²) in [5, 5.41) is 2.86. The number of methoxy groups -OCH3 is 1. The van der Waals surface area contributed by atoms with Gasteiger partial charge < -0.3 is 15.0 Å². The molecule has 1 fully saturated rings. The van der Waals surface area contributed by atoms with Gasteiger partial charge in [-0.1, -0.05) is 12.1 Å². The average Bonchev–Trinajstić information content (AvgIpc) is 2.88. The zero-order valence-corrected chi connectivity index (χ0v) is 13.5. The fourth-order valence-electron chi connectivity index (χ4n) is 2.73. The van der Waals surface area contributed by atoms with Crippen LogP contribution in [0.1, 0.15) is 18.9 Å². The van der Waals surface area contributed by atoms with Gasteiger partial charge in [0.05, 0.1) is 12.5 Å². The lowest BCUT2D eigenvalue weighted by atomic mass is 10.1. The molecule has 2 atom stereocenters. The molecule has 2 rings (SSSR count). The van der Waals surface area contributed by atoms with Gasteiger partial charge in [0.2, 0.25) is 11.8 Å². The molecule has 1 aromatic rings. The molecular formula is C17H23FN2O3. The SMILES string of the molecule is COC[C@H](C)NC(=O)[C@H]1CC(=O)N(CCc2ccc(F)cc2)C1. The topological polar surface area (TPSA) is 58.6 Å². The minimum absolute atomic E-state index is 0.00773. The van der Waals surface area contributed by atoms with E-state index in [1.807, 2.05) is 6.92 Å². The molecule has 1 aliphatic heterocycles. The summed E-state index contributed by atoms with van der Waals surface area (Å²) < 4.78 is 17.9. The molecule has 0 saturated carbocycles. The normalized spacial score (nSPS) is 19.0. The molecule has 5 nitrogen and oxygen atoms in total. The van der Waals surface area contributed by atoms with Crippen LogP contribution in [0.15, 0.2) is 24.3 Å². The van der Waals surface area contributed by atoms with Crippen molar-refractivity contribution in [2.45, 2.75) is 25.8 Å². The highest BCUT2D eigenvalue weighted by atomic mass is 19.1. The maximum atomic E-state index is 12.9. The third-order valence-electron chi connectivity index (χ3n) is 3.97. The number of likely N-dealkylation sites (tertiary alicyclic amines) is 1. The number of amides is 2. The Morgan fingerprint density at radius 1 is 1.43 bits per heavy atom. The van der Waals surface area contributed by atoms with Gasteiger partial charge in [-0.2, -0.15) is 0 Å². The number of hydrogen-bond acceptors (Lipinski definition) is 3. The Hall–Kier alpha value is -1.95. The van der Waals surface area contributed by atoms with Crippen molar-refractivity contribution in [3.63, 3.8) is 0 Å². The number of benzene rings is 1. The van der Waals surface area contributed by atoms with E-state index in [-0.39, 0.29) is 36.0 Å². The Labute approximate surface area is 135 Å². The van der Waals surface area contributed by atoms with Gasteiger partial charge >= 0.3 is 0 Å². The maximum Gasteiger partial charge on any atom is 0.225 e. The van der Waals surface area contributed by atoms with E-state index in [2.05, 4.69) is 5.32 Å². The zero-order chi connectivity index (χ0) is 16.8. The highest BCUT2D eigenvalue weighted by Gasteiger charge is 2.34. The minimum Gasteiger partial charge on any atom is -0.383 e. The molecule has 0 aliphatic carbocycles. The molecule has 0 unspecified atom stereocenters. The Balaban J connectivity index is 1.82. The molecule has 6 heteroatoms. The Kier molecular flexibility index (Phi) is 6.10. The quantitative estimate of drug-likeness (QED) is 0.825. The van der Waals surface area contributed by atoms with Crippen LogP contribution in [0.2, 0.25) is 0 Å². The van der Waals surface area contributed by atoms with Crippen LogP contribution in [0.25, 0.3) is 0 Å². The summed E-state index contributed by atoms with van der Waals surface area (Å²) in [5.41, 5.74) is 0.973. The van der Waals surface area contributed by atoms with Crippen LogP contribution in [-0.2, 0) is 20.7 Å². The second kappa shape index (κ2) is 8.06. The highest BCUT2D eigenvalue weighted by molar-refractivity contribution is 5.89. The lowest BCUT2D eigenvalue weighted by Crippen LogP contribution is -2.40. The number of carbonyl (C=O) groups is 2. The van der Waals surface area contributed by atoms with Gasteiger partial charge in [0, 0.05) is 32.7 Å². The number of carbonyl (C=O) groups excluding carboxylic acids is 2. The lowest BCUT2D eigenvalue weighted by molar-refractivity contribution is -0.129. The monoisotopic (exact) mass is 322 g/mol. The van der Waals surface area contributed by atoms with E-state index in [0.717, 1.165) is 5.56 Å². The first kappa shape index (κ1) is 17.4. The van der Waals surface area contributed by atoms with Gasteiger partial charge in [0.1, 0.15) is 5.82 Å². The van der Waals surface area contributed by atoms with Crippen molar-refractivity contribution < 1.29 is 18.7 Å². The number of nitrogens with zero attached hydrogens (tertiary/aromatic N) is 1. The molecule has 1 aliphatic rings. The molecule has 1 saturated heterocycles. The van der Waals surface area contributed by atoms with Crippen molar-refractivity contribution in [1.82, 2.24) is 10.2 Å². The van der Waals surface area contributed by atoms with Crippen LogP contribution in [0, 0.1) is 11.7 Å². The summed E-state index contributed by atoms with van der Waals surface area (Å²) in [4.78, 5) is 25.9. The molecule has 0 spiro atoms. The van der Waals surface area contributed by atoms with Crippen molar-refractivity contribution in [2.75, 3.05) is 26.8 Å². The second-order valence-electron chi connectivity index (χ2n) is 5.98. The first-order valence-corrected chi connectivity index (χ1v) is 7.81. The lowest BCUT2D eigenvalue weighted by Gasteiger charge is -2.18. The molecule has 0 aromatic heterocycles. The fraction of sp³-hybridized carbons (Fsp3) is 0.529. The standard InChI is InChI=1S/C17H23FN2O3/c1-12(11-23-2)19-17(22)14-9-16(21)20(10-14)8-7-13-3-5-15(18)6-4-13/h3-6,12,14H,7-11H2,1-2H3,(H,19,22)/t12-,14-/m0/s1. The van der Waals surface area contributed by atoms with Crippen LogP contribution in [0.3, 0.4) is 0 Å². The van der Waals surface area contributed by atoms with Crippen LogP contribution < -0.4 is 5.32 Å². The smallest absolute Gasteiger partial charge is 0.225 e. The largest absolute Gasteiger partial charge is 0.383 e. The number of rotatable bonds is 7. The molecule has 0 radical (unpaired) electrons. The molecule has 1 aromatic carbocycles. The first-order chi connectivity index (χ1) is 11.0. The van der Waals surface area contributed by atoms with E-state index in [9.17, 15) is 14.0 Å². The molecule has 0 bridgehead atoms. The molecule has 23 heavy (non-hydrogen) atoms. The molecule has 2 amide bonds. The molecule has 126 valence electrons. The van der Waals surface area contributed by atoms with Gasteiger partial charge in [-0.05, 0) is 31.0 Å². The number of nitrogens with one attached hydrogen (secondary N) is 1. The van der Waals surface area contributed by atoms with E-state index in [1.54, 1.807) is 24.1 Å². The van der Waals surface area contributed by atoms with E-state index in [4.69, 9.17) is 4.74 Å². The van der Waals surface area contributed by atoms with Crippen molar-refractivity contribution >= 4 is 11.8 Å². The van der Waals surface area contributed by atoms with Gasteiger partial charge in [0.15, 0.2) is 0 Å². The molecule has 1 heterocycles. The maximum absolute atomic E-state index is 12.9. The van der Waals surface area contributed by atoms with Crippen LogP contribution in [0.5, 0.6) is 0 Å². The predicted molar refractivity (Wildman–Crippen MR) is 84.3 cm³/mol. The summed E-state index contributed by atoms with van der Waals surface area (Å²) in [6.45, 7) is 3.29. The summed E-state index contributed by atoms with van der Waals surface area (Å²) in [7, 11) is 1.58. The Morgan fingerprint density at radius 3 is 2.78 bits per heavy atom. The number of halogens is 1.